The molecule has 760 valence electrons. The van der Waals surface area contributed by atoms with Crippen LogP contribution in [0.3, 0.4) is 0 Å². The van der Waals surface area contributed by atoms with Gasteiger partial charge in [0.1, 0.15) is 110 Å². The summed E-state index contributed by atoms with van der Waals surface area (Å²) in [7, 11) is 0.620. The van der Waals surface area contributed by atoms with E-state index in [0.29, 0.717) is 111 Å². The number of halogens is 4. The Morgan fingerprint density at radius 2 is 0.732 bits per heavy atom. The second kappa shape index (κ2) is 43.0. The minimum atomic E-state index is -5.85. The van der Waals surface area contributed by atoms with Gasteiger partial charge in [0.25, 0.3) is 0 Å². The number of hydrogen-bond acceptors (Lipinski definition) is 34. The summed E-state index contributed by atoms with van der Waals surface area (Å²) in [5, 5.41) is 90.4. The SMILES string of the molecule is COc1cc(Br)cn2ncc(C#N)c12.COc1cc(N2CCCC2)cn2ncc(C#N)c12.COc1ccc(CC2C3CC2CN(c2cnc(-c4cc(N5CCCC5)cn5ncc(C#N)c45)cn2)C3)cn1.COc1ccc(CN2C3CC2CN(c2cnc(-c4cc(N5CCCC5)cn5ncc(C#N)c45)cn2)C3)cn1.N#Cc1cnn2cc(N3CCCC3)cc(O)c12.N#Cc1cnn2cc(N3CCCC3)cc(OS(=O)(=O)C(F)(F)F)c12. The maximum Gasteiger partial charge on any atom is 0.534 e. The van der Waals surface area contributed by atoms with Crippen LogP contribution >= 0.6 is 15.9 Å². The molecule has 0 spiro atoms. The fraction of sp³-hybridized carbons (Fsp3) is 0.365. The third kappa shape index (κ3) is 20.6. The quantitative estimate of drug-likeness (QED) is 0.0580. The number of ether oxygens (including phenoxy) is 4. The molecule has 4 bridgehead atoms. The lowest BCUT2D eigenvalue weighted by atomic mass is 9.60. The van der Waals surface area contributed by atoms with Gasteiger partial charge in [0, 0.05) is 175 Å². The molecule has 1 aliphatic carbocycles. The van der Waals surface area contributed by atoms with Gasteiger partial charge >= 0.3 is 15.6 Å². The number of nitriles is 6. The molecule has 27 rings (SSSR count). The van der Waals surface area contributed by atoms with Crippen LogP contribution < -0.4 is 57.4 Å². The summed E-state index contributed by atoms with van der Waals surface area (Å²) in [6.45, 7) is 14.5. The zero-order chi connectivity index (χ0) is 103. The lowest BCUT2D eigenvalue weighted by Crippen LogP contribution is -2.68. The number of rotatable bonds is 19. The Morgan fingerprint density at radius 1 is 0.383 bits per heavy atom. The number of aromatic hydroxyl groups is 1. The zero-order valence-corrected chi connectivity index (χ0v) is 84.3. The standard InChI is InChI=1S/C29H30N8O.C28H29N9O.C13H11F3N4O3S.C13H14N4O.C12H12N4O.C9H6BrN3O/c1-38-28-5-4-19(12-33-28)8-24-20-9-21(24)17-36(16-20)27-15-31-26(14-32-27)25-10-23(35-6-2-3-7-35)18-37-29(25)22(11-30)13-34-37;1-38-27-5-4-19(11-32-27)15-36-22-8-23(36)17-35(16-22)26-14-30-25(13-31-26)24-9-21(34-6-2-3-7-34)18-37-28(24)20(10-29)12-33-37;14-13(15,16)24(21,22)23-11-5-10(19-3-1-2-4-19)8-20-12(11)9(6-17)7-18-20;1-18-12-6-11(16-4-2-3-5-16)9-17-13(12)10(7-14)8-15-17;13-6-9-7-14-16-8-10(5-11(17)12(9)16)15-3-1-2-4-15;1-14-8-2-7(10)5-13-9(8)6(3-11)4-12-13/h4-5,10,12-15,18,20-21,24H,2-3,6-9,16-17H2,1H3;4-5,9,11-14,18,22-23H,2-3,6-8,15-17H2,1H3;5,7-8H,1-4H2;6,8-9H,2-5H2,1H3;5,7-8,17H,1-4H2;2,4-5H,1H3. The molecule has 10 aliphatic heterocycles. The van der Waals surface area contributed by atoms with Crippen LogP contribution in [-0.4, -0.2) is 244 Å². The third-order valence-corrected chi connectivity index (χ3v) is 30.2. The fourth-order valence-corrected chi connectivity index (χ4v) is 22.2. The summed E-state index contributed by atoms with van der Waals surface area (Å²) >= 11 is 3.33. The van der Waals surface area contributed by atoms with Gasteiger partial charge in [-0.3, -0.25) is 14.9 Å². The van der Waals surface area contributed by atoms with Gasteiger partial charge < -0.3 is 62.5 Å². The van der Waals surface area contributed by atoms with Crippen molar-refractivity contribution in [3.05, 3.63) is 221 Å². The molecule has 4 atom stereocenters. The first-order valence-corrected chi connectivity index (χ1v) is 51.3. The highest BCUT2D eigenvalue weighted by Crippen LogP contribution is 2.49. The second-order valence-corrected chi connectivity index (χ2v) is 40.1. The van der Waals surface area contributed by atoms with Crippen LogP contribution in [0.4, 0.5) is 53.2 Å². The number of anilines is 7. The summed E-state index contributed by atoms with van der Waals surface area (Å²) in [4.78, 5) is 46.5. The third-order valence-electron chi connectivity index (χ3n) is 28.8. The summed E-state index contributed by atoms with van der Waals surface area (Å²) in [6, 6.07) is 32.6. The van der Waals surface area contributed by atoms with Gasteiger partial charge in [0.15, 0.2) is 5.75 Å². The Hall–Kier alpha value is -16.9. The highest BCUT2D eigenvalue weighted by molar-refractivity contribution is 9.10. The largest absolute Gasteiger partial charge is 0.534 e. The molecule has 26 heterocycles. The van der Waals surface area contributed by atoms with E-state index in [2.05, 4.69) is 144 Å². The van der Waals surface area contributed by atoms with Gasteiger partial charge in [-0.15, -0.1) is 0 Å². The van der Waals surface area contributed by atoms with E-state index in [1.54, 1.807) is 85.0 Å². The lowest BCUT2D eigenvalue weighted by Gasteiger charge is -2.56. The molecule has 0 amide bonds. The van der Waals surface area contributed by atoms with Crippen molar-refractivity contribution in [3.8, 4) is 93.7 Å². The molecule has 0 aromatic carbocycles. The monoisotopic (exact) mass is 2090 g/mol. The zero-order valence-electron chi connectivity index (χ0n) is 81.9. The molecule has 149 heavy (non-hydrogen) atoms. The van der Waals surface area contributed by atoms with Crippen molar-refractivity contribution < 1.29 is 49.8 Å². The van der Waals surface area contributed by atoms with Crippen molar-refractivity contribution >= 4 is 99.2 Å². The van der Waals surface area contributed by atoms with E-state index in [-0.39, 0.29) is 16.8 Å². The van der Waals surface area contributed by atoms with Gasteiger partial charge in [-0.1, -0.05) is 12.1 Å². The van der Waals surface area contributed by atoms with E-state index in [1.807, 2.05) is 100 Å². The predicted octanol–water partition coefficient (Wildman–Crippen LogP) is 14.4. The van der Waals surface area contributed by atoms with E-state index in [9.17, 15) is 37.2 Å². The molecular weight excluding hydrogens is 1990 g/mol. The number of piperidine rings is 3. The molecule has 4 unspecified atom stereocenters. The van der Waals surface area contributed by atoms with Crippen molar-refractivity contribution in [2.75, 3.05) is 154 Å². The molecular formula is C104H102BrF3N32O8S. The lowest BCUT2D eigenvalue weighted by molar-refractivity contribution is -0.0499. The van der Waals surface area contributed by atoms with E-state index >= 15 is 0 Å². The number of nitrogens with zero attached hydrogens (tertiary/aromatic N) is 32. The minimum absolute atomic E-state index is 0.0876. The molecule has 45 heteroatoms. The smallest absolute Gasteiger partial charge is 0.506 e. The topological polar surface area (TPSA) is 450 Å². The summed E-state index contributed by atoms with van der Waals surface area (Å²) < 4.78 is 96.3. The van der Waals surface area contributed by atoms with Crippen LogP contribution in [0.5, 0.6) is 34.8 Å². The number of aromatic nitrogens is 18. The van der Waals surface area contributed by atoms with Crippen LogP contribution in [0.2, 0.25) is 0 Å². The van der Waals surface area contributed by atoms with E-state index in [1.165, 1.54) is 100.0 Å². The van der Waals surface area contributed by atoms with Crippen molar-refractivity contribution in [3.63, 3.8) is 0 Å². The number of piperazine rings is 1. The first-order valence-electron chi connectivity index (χ1n) is 49.1. The first-order chi connectivity index (χ1) is 72.5. The molecule has 10 saturated heterocycles. The molecule has 16 aromatic heterocycles. The maximum absolute atomic E-state index is 12.6. The van der Waals surface area contributed by atoms with Crippen molar-refractivity contribution in [2.24, 2.45) is 17.8 Å². The number of fused-ring (bicyclic) bond motifs is 10. The average Bonchev–Trinajstić information content (AvgIpc) is 1.73. The Bertz CT molecular complexity index is 7780. The number of methoxy groups -OCH3 is 4. The van der Waals surface area contributed by atoms with Crippen molar-refractivity contribution in [1.29, 1.82) is 31.6 Å². The average molecular weight is 2100 g/mol. The minimum Gasteiger partial charge on any atom is -0.506 e. The van der Waals surface area contributed by atoms with Crippen molar-refractivity contribution in [1.82, 2.24) is 92.5 Å². The predicted molar refractivity (Wildman–Crippen MR) is 549 cm³/mol. The summed E-state index contributed by atoms with van der Waals surface area (Å²) in [5.41, 5.74) is 10.8. The van der Waals surface area contributed by atoms with Gasteiger partial charge in [-0.05, 0) is 146 Å². The van der Waals surface area contributed by atoms with E-state index in [4.69, 9.17) is 59.9 Å². The molecule has 11 fully saturated rings. The van der Waals surface area contributed by atoms with Crippen LogP contribution in [-0.2, 0) is 23.1 Å². The highest BCUT2D eigenvalue weighted by Gasteiger charge is 2.50. The van der Waals surface area contributed by atoms with E-state index in [0.717, 1.165) is 193 Å². The first kappa shape index (κ1) is 99.5. The Balaban J connectivity index is 0.000000113. The number of hydrogen-bond donors (Lipinski definition) is 1. The molecule has 1 N–H and O–H groups in total. The molecule has 11 aliphatic rings. The highest BCUT2D eigenvalue weighted by atomic mass is 79.9. The van der Waals surface area contributed by atoms with Crippen LogP contribution in [0.15, 0.2) is 177 Å². The van der Waals surface area contributed by atoms with E-state index < -0.39 is 21.4 Å². The van der Waals surface area contributed by atoms with Gasteiger partial charge in [0.2, 0.25) is 11.8 Å². The molecule has 16 aromatic rings. The van der Waals surface area contributed by atoms with Gasteiger partial charge in [-0.2, -0.15) is 83.8 Å². The summed E-state index contributed by atoms with van der Waals surface area (Å²) in [6.07, 6.45) is 46.4. The van der Waals surface area contributed by atoms with Crippen molar-refractivity contribution in [2.45, 2.75) is 108 Å². The van der Waals surface area contributed by atoms with Crippen LogP contribution in [0.1, 0.15) is 122 Å². The van der Waals surface area contributed by atoms with Gasteiger partial charge in [-0.25, -0.2) is 47.0 Å². The molecule has 0 radical (unpaired) electrons. The second-order valence-electron chi connectivity index (χ2n) is 37.7. The number of pyridine rings is 8. The maximum atomic E-state index is 12.6. The summed E-state index contributed by atoms with van der Waals surface area (Å²) in [5.74, 6) is 6.03. The molecule has 40 nitrogen and oxygen atoms in total. The van der Waals surface area contributed by atoms with Crippen LogP contribution in [0, 0.1) is 85.7 Å². The fourth-order valence-electron chi connectivity index (χ4n) is 21.3. The van der Waals surface area contributed by atoms with Crippen LogP contribution in [0.25, 0.3) is 55.6 Å². The normalized spacial score (nSPS) is 18.1. The Morgan fingerprint density at radius 3 is 1.11 bits per heavy atom. The molecule has 1 saturated carbocycles. The Labute approximate surface area is 862 Å². The number of alkyl halides is 3. The Kier molecular flexibility index (Phi) is 28.7. The van der Waals surface area contributed by atoms with Gasteiger partial charge in [0.05, 0.1) is 183 Å².